The molecule has 0 bridgehead atoms. The van der Waals surface area contributed by atoms with E-state index in [0.717, 1.165) is 6.42 Å². The van der Waals surface area contributed by atoms with Gasteiger partial charge in [0.25, 0.3) is 0 Å². The number of hydrogen-bond donors (Lipinski definition) is 2. The van der Waals surface area contributed by atoms with Crippen molar-refractivity contribution in [2.75, 3.05) is 6.54 Å². The number of carbonyl (C=O) groups excluding carboxylic acids is 1. The van der Waals surface area contributed by atoms with Crippen LogP contribution < -0.4 is 5.64 Å². The van der Waals surface area contributed by atoms with Crippen molar-refractivity contribution < 1.29 is 19.6 Å². The molecule has 0 aromatic carbocycles. The van der Waals surface area contributed by atoms with Gasteiger partial charge in [0.1, 0.15) is 5.60 Å². The van der Waals surface area contributed by atoms with Gasteiger partial charge >= 0.3 is 6.09 Å². The lowest BCUT2D eigenvalue weighted by Gasteiger charge is -2.27. The molecule has 0 saturated carbocycles. The molecule has 15 heavy (non-hydrogen) atoms. The normalized spacial score (nSPS) is 21.9. The van der Waals surface area contributed by atoms with Crippen molar-refractivity contribution in [2.24, 2.45) is 0 Å². The van der Waals surface area contributed by atoms with Crippen molar-refractivity contribution in [1.82, 2.24) is 10.5 Å². The smallest absolute Gasteiger partial charge is 0.412 e. The van der Waals surface area contributed by atoms with Gasteiger partial charge in [0.2, 0.25) is 0 Å². The zero-order chi connectivity index (χ0) is 11.5. The predicted octanol–water partition coefficient (Wildman–Crippen LogP) is 1.25. The van der Waals surface area contributed by atoms with Gasteiger partial charge in [0.15, 0.2) is 6.23 Å². The van der Waals surface area contributed by atoms with Crippen LogP contribution in [0.3, 0.4) is 0 Å². The Labute approximate surface area is 89.1 Å². The summed E-state index contributed by atoms with van der Waals surface area (Å²) in [7, 11) is 0. The van der Waals surface area contributed by atoms with Crippen LogP contribution in [0.4, 0.5) is 4.79 Å². The first-order valence-electron chi connectivity index (χ1n) is 4.98. The summed E-state index contributed by atoms with van der Waals surface area (Å²) in [6, 6.07) is 0. The maximum absolute atomic E-state index is 11.7. The lowest BCUT2D eigenvalue weighted by atomic mass is 10.2. The lowest BCUT2D eigenvalue weighted by Crippen LogP contribution is -2.42. The number of carbonyl (C=O) groups is 1. The Morgan fingerprint density at radius 3 is 2.73 bits per heavy atom. The Morgan fingerprint density at radius 1 is 1.53 bits per heavy atom. The fourth-order valence-corrected chi connectivity index (χ4v) is 1.45. The van der Waals surface area contributed by atoms with E-state index < -0.39 is 17.9 Å². The number of rotatable bonds is 2. The SMILES string of the molecule is CC(C)(C)OC(=O)N1CCCC1ONO. The molecular formula is C9H18N2O4. The van der Waals surface area contributed by atoms with Crippen LogP contribution in [0, 0.1) is 0 Å². The standard InChI is InChI=1S/C9H18N2O4/c1-9(2,3)14-8(12)11-6-4-5-7(11)15-10-13/h7,10,13H,4-6H2,1-3H3. The molecule has 0 radical (unpaired) electrons. The first-order valence-corrected chi connectivity index (χ1v) is 4.98. The minimum absolute atomic E-state index is 0.416. The summed E-state index contributed by atoms with van der Waals surface area (Å²) in [5.74, 6) is 0. The van der Waals surface area contributed by atoms with E-state index in [9.17, 15) is 4.79 Å². The Kier molecular flexibility index (Phi) is 3.90. The minimum atomic E-state index is -0.517. The number of amides is 1. The van der Waals surface area contributed by atoms with Crippen molar-refractivity contribution in [2.45, 2.75) is 45.4 Å². The van der Waals surface area contributed by atoms with Crippen molar-refractivity contribution in [3.05, 3.63) is 0 Å². The summed E-state index contributed by atoms with van der Waals surface area (Å²) < 4.78 is 5.20. The molecule has 1 saturated heterocycles. The first-order chi connectivity index (χ1) is 6.94. The highest BCUT2D eigenvalue weighted by molar-refractivity contribution is 5.68. The fraction of sp³-hybridized carbons (Fsp3) is 0.889. The topological polar surface area (TPSA) is 71.0 Å². The molecule has 2 N–H and O–H groups in total. The van der Waals surface area contributed by atoms with Crippen LogP contribution >= 0.6 is 0 Å². The Balaban J connectivity index is 2.51. The van der Waals surface area contributed by atoms with E-state index in [1.807, 2.05) is 0 Å². The molecule has 0 aliphatic carbocycles. The van der Waals surface area contributed by atoms with Gasteiger partial charge in [-0.1, -0.05) is 5.64 Å². The molecule has 0 aromatic rings. The molecule has 1 rings (SSSR count). The van der Waals surface area contributed by atoms with Crippen molar-refractivity contribution >= 4 is 6.09 Å². The van der Waals surface area contributed by atoms with Crippen LogP contribution in [0.1, 0.15) is 33.6 Å². The molecule has 1 aliphatic rings. The molecule has 1 aliphatic heterocycles. The number of likely N-dealkylation sites (tertiary alicyclic amines) is 1. The highest BCUT2D eigenvalue weighted by atomic mass is 16.8. The second-order valence-electron chi connectivity index (χ2n) is 4.48. The fourth-order valence-electron chi connectivity index (χ4n) is 1.45. The maximum Gasteiger partial charge on any atom is 0.412 e. The van der Waals surface area contributed by atoms with E-state index in [0.29, 0.717) is 13.0 Å². The van der Waals surface area contributed by atoms with Gasteiger partial charge in [-0.3, -0.25) is 14.9 Å². The summed E-state index contributed by atoms with van der Waals surface area (Å²) in [4.78, 5) is 17.9. The highest BCUT2D eigenvalue weighted by Crippen LogP contribution is 2.20. The second-order valence-corrected chi connectivity index (χ2v) is 4.48. The third-order valence-corrected chi connectivity index (χ3v) is 2.01. The molecule has 1 unspecified atom stereocenters. The van der Waals surface area contributed by atoms with Gasteiger partial charge in [-0.25, -0.2) is 4.79 Å². The quantitative estimate of drug-likeness (QED) is 0.683. The zero-order valence-corrected chi connectivity index (χ0v) is 9.32. The van der Waals surface area contributed by atoms with E-state index in [-0.39, 0.29) is 0 Å². The minimum Gasteiger partial charge on any atom is -0.444 e. The Morgan fingerprint density at radius 2 is 2.20 bits per heavy atom. The van der Waals surface area contributed by atoms with Gasteiger partial charge in [0, 0.05) is 6.54 Å². The second kappa shape index (κ2) is 4.78. The van der Waals surface area contributed by atoms with E-state index in [1.165, 1.54) is 4.90 Å². The van der Waals surface area contributed by atoms with Crippen molar-refractivity contribution in [3.8, 4) is 0 Å². The van der Waals surface area contributed by atoms with Crippen LogP contribution in [0.25, 0.3) is 0 Å². The monoisotopic (exact) mass is 218 g/mol. The third kappa shape index (κ3) is 3.65. The summed E-state index contributed by atoms with van der Waals surface area (Å²) in [6.07, 6.45) is 0.656. The van der Waals surface area contributed by atoms with E-state index in [2.05, 4.69) is 0 Å². The van der Waals surface area contributed by atoms with Crippen LogP contribution in [0.5, 0.6) is 0 Å². The number of ether oxygens (including phenoxy) is 1. The number of nitrogens with zero attached hydrogens (tertiary/aromatic N) is 1. The van der Waals surface area contributed by atoms with Gasteiger partial charge in [-0.2, -0.15) is 0 Å². The molecule has 0 spiro atoms. The lowest BCUT2D eigenvalue weighted by molar-refractivity contribution is -0.191. The van der Waals surface area contributed by atoms with E-state index >= 15 is 0 Å². The zero-order valence-electron chi connectivity index (χ0n) is 9.32. The van der Waals surface area contributed by atoms with Gasteiger partial charge < -0.3 is 4.74 Å². The highest BCUT2D eigenvalue weighted by Gasteiger charge is 2.33. The molecule has 6 nitrogen and oxygen atoms in total. The van der Waals surface area contributed by atoms with Crippen LogP contribution in [-0.2, 0) is 9.57 Å². The van der Waals surface area contributed by atoms with Gasteiger partial charge in [0.05, 0.1) is 0 Å². The molecule has 1 amide bonds. The summed E-state index contributed by atoms with van der Waals surface area (Å²) in [5.41, 5.74) is 1.09. The van der Waals surface area contributed by atoms with Crippen molar-refractivity contribution in [1.29, 1.82) is 0 Å². The molecule has 1 heterocycles. The average molecular weight is 218 g/mol. The van der Waals surface area contributed by atoms with Crippen LogP contribution in [0.2, 0.25) is 0 Å². The molecule has 6 heteroatoms. The Hall–Kier alpha value is -0.850. The van der Waals surface area contributed by atoms with Gasteiger partial charge in [-0.15, -0.1) is 0 Å². The molecule has 1 fully saturated rings. The van der Waals surface area contributed by atoms with Gasteiger partial charge in [-0.05, 0) is 33.6 Å². The summed E-state index contributed by atoms with van der Waals surface area (Å²) >= 11 is 0. The first kappa shape index (κ1) is 12.2. The Bertz CT molecular complexity index is 227. The molecule has 1 atom stereocenters. The third-order valence-electron chi connectivity index (χ3n) is 2.01. The summed E-state index contributed by atoms with van der Waals surface area (Å²) in [6.45, 7) is 6.00. The molecule has 0 aromatic heterocycles. The number of hydrogen-bond acceptors (Lipinski definition) is 5. The van der Waals surface area contributed by atoms with Crippen molar-refractivity contribution in [3.63, 3.8) is 0 Å². The van der Waals surface area contributed by atoms with E-state index in [1.54, 1.807) is 26.4 Å². The van der Waals surface area contributed by atoms with Crippen LogP contribution in [0.15, 0.2) is 0 Å². The molecule has 88 valence electrons. The van der Waals surface area contributed by atoms with E-state index in [4.69, 9.17) is 14.8 Å². The molecular weight excluding hydrogens is 200 g/mol. The predicted molar refractivity (Wildman–Crippen MR) is 52.0 cm³/mol. The van der Waals surface area contributed by atoms with Crippen LogP contribution in [-0.4, -0.2) is 34.6 Å². The maximum atomic E-state index is 11.7. The number of nitrogens with one attached hydrogen (secondary N) is 1. The largest absolute Gasteiger partial charge is 0.444 e. The average Bonchev–Trinajstić information content (AvgIpc) is 2.49. The summed E-state index contributed by atoms with van der Waals surface area (Å²) in [5, 5.41) is 8.41.